The van der Waals surface area contributed by atoms with Gasteiger partial charge in [0.25, 0.3) is 5.56 Å². The lowest BCUT2D eigenvalue weighted by atomic mass is 10.00. The smallest absolute Gasteiger partial charge is 0.256 e. The van der Waals surface area contributed by atoms with E-state index >= 15 is 0 Å². The van der Waals surface area contributed by atoms with Crippen LogP contribution in [0.25, 0.3) is 28.0 Å². The fourth-order valence-electron chi connectivity index (χ4n) is 5.17. The van der Waals surface area contributed by atoms with Gasteiger partial charge in [-0.15, -0.1) is 0 Å². The number of aryl methyl sites for hydroxylation is 2. The molecule has 5 nitrogen and oxygen atoms in total. The van der Waals surface area contributed by atoms with Crippen molar-refractivity contribution < 1.29 is 0 Å². The summed E-state index contributed by atoms with van der Waals surface area (Å²) >= 11 is 0. The van der Waals surface area contributed by atoms with Crippen molar-refractivity contribution >= 4 is 11.0 Å². The molecule has 2 atom stereocenters. The van der Waals surface area contributed by atoms with Crippen LogP contribution in [0.1, 0.15) is 35.7 Å². The van der Waals surface area contributed by atoms with Crippen molar-refractivity contribution in [1.82, 2.24) is 19.4 Å². The molecule has 1 saturated heterocycles. The Morgan fingerprint density at radius 2 is 1.87 bits per heavy atom. The van der Waals surface area contributed by atoms with E-state index in [2.05, 4.69) is 54.2 Å². The summed E-state index contributed by atoms with van der Waals surface area (Å²) in [7, 11) is 2.10. The highest BCUT2D eigenvalue weighted by Gasteiger charge is 2.36. The van der Waals surface area contributed by atoms with Crippen LogP contribution >= 0.6 is 0 Å². The van der Waals surface area contributed by atoms with Gasteiger partial charge < -0.3 is 9.88 Å². The summed E-state index contributed by atoms with van der Waals surface area (Å²) in [6.07, 6.45) is 5.32. The molecule has 4 aromatic rings. The van der Waals surface area contributed by atoms with Gasteiger partial charge >= 0.3 is 0 Å². The molecule has 6 rings (SSSR count). The summed E-state index contributed by atoms with van der Waals surface area (Å²) in [5.41, 5.74) is 6.87. The Balaban J connectivity index is 1.44. The van der Waals surface area contributed by atoms with E-state index in [1.54, 1.807) is 10.6 Å². The van der Waals surface area contributed by atoms with Crippen LogP contribution in [0.15, 0.2) is 59.5 Å². The Morgan fingerprint density at radius 1 is 1.03 bits per heavy atom. The standard InChI is InChI=1S/C25H24N4O/c1-15-3-5-16(6-4-15)17-11-12-29(23(30)13-17)22-10-8-19-24-20-9-7-18(26-20)14-21(24)28(2)25(19)27-22/h3-6,8,10-13,18,20,26H,7,9,14H2,1-2H3. The van der Waals surface area contributed by atoms with Crippen molar-refractivity contribution in [2.75, 3.05) is 0 Å². The molecule has 0 aliphatic carbocycles. The molecule has 1 N–H and O–H groups in total. The van der Waals surface area contributed by atoms with Crippen molar-refractivity contribution in [2.24, 2.45) is 7.05 Å². The molecule has 1 aromatic carbocycles. The maximum Gasteiger partial charge on any atom is 0.256 e. The Labute approximate surface area is 175 Å². The second-order valence-electron chi connectivity index (χ2n) is 8.65. The Hall–Kier alpha value is -3.18. The van der Waals surface area contributed by atoms with Crippen LogP contribution < -0.4 is 10.9 Å². The number of rotatable bonds is 2. The molecule has 5 heterocycles. The van der Waals surface area contributed by atoms with Crippen LogP contribution in [0.3, 0.4) is 0 Å². The van der Waals surface area contributed by atoms with Gasteiger partial charge in [-0.05, 0) is 54.7 Å². The van der Waals surface area contributed by atoms with E-state index < -0.39 is 0 Å². The Bertz CT molecular complexity index is 1350. The van der Waals surface area contributed by atoms with Gasteiger partial charge in [0.05, 0.1) is 0 Å². The fraction of sp³-hybridized carbons (Fsp3) is 0.280. The first-order valence-corrected chi connectivity index (χ1v) is 10.6. The highest BCUT2D eigenvalue weighted by molar-refractivity contribution is 5.84. The van der Waals surface area contributed by atoms with Crippen molar-refractivity contribution in [1.29, 1.82) is 0 Å². The van der Waals surface area contributed by atoms with Gasteiger partial charge in [0.2, 0.25) is 0 Å². The average molecular weight is 396 g/mol. The maximum atomic E-state index is 12.9. The first-order valence-electron chi connectivity index (χ1n) is 10.6. The molecule has 0 spiro atoms. The van der Waals surface area contributed by atoms with Gasteiger partial charge in [-0.2, -0.15) is 0 Å². The number of hydrogen-bond donors (Lipinski definition) is 1. The van der Waals surface area contributed by atoms with Crippen molar-refractivity contribution in [3.05, 3.63) is 81.9 Å². The minimum atomic E-state index is -0.0698. The van der Waals surface area contributed by atoms with Crippen LogP contribution in [-0.4, -0.2) is 20.2 Å². The maximum absolute atomic E-state index is 12.9. The minimum Gasteiger partial charge on any atom is -0.332 e. The second kappa shape index (κ2) is 6.41. The normalized spacial score (nSPS) is 19.9. The van der Waals surface area contributed by atoms with Crippen LogP contribution in [0.5, 0.6) is 0 Å². The van der Waals surface area contributed by atoms with Gasteiger partial charge in [0, 0.05) is 48.9 Å². The zero-order valence-corrected chi connectivity index (χ0v) is 17.2. The molecule has 1 fully saturated rings. The van der Waals surface area contributed by atoms with Crippen molar-refractivity contribution in [3.63, 3.8) is 0 Å². The lowest BCUT2D eigenvalue weighted by Crippen LogP contribution is -2.32. The molecular weight excluding hydrogens is 372 g/mol. The lowest BCUT2D eigenvalue weighted by Gasteiger charge is -2.22. The third-order valence-corrected chi connectivity index (χ3v) is 6.76. The quantitative estimate of drug-likeness (QED) is 0.556. The Kier molecular flexibility index (Phi) is 3.77. The van der Waals surface area contributed by atoms with Gasteiger partial charge in [0.1, 0.15) is 11.5 Å². The summed E-state index contributed by atoms with van der Waals surface area (Å²) in [4.78, 5) is 17.8. The van der Waals surface area contributed by atoms with E-state index in [4.69, 9.17) is 4.98 Å². The van der Waals surface area contributed by atoms with E-state index in [1.165, 1.54) is 35.0 Å². The zero-order valence-electron chi connectivity index (χ0n) is 17.2. The molecule has 0 saturated carbocycles. The predicted octanol–water partition coefficient (Wildman–Crippen LogP) is 4.05. The average Bonchev–Trinajstić information content (AvgIpc) is 3.27. The molecule has 30 heavy (non-hydrogen) atoms. The molecule has 0 amide bonds. The van der Waals surface area contributed by atoms with E-state index in [0.717, 1.165) is 23.2 Å². The summed E-state index contributed by atoms with van der Waals surface area (Å²) in [6.45, 7) is 2.06. The molecule has 0 radical (unpaired) electrons. The van der Waals surface area contributed by atoms with Crippen molar-refractivity contribution in [2.45, 2.75) is 38.3 Å². The number of aromatic nitrogens is 3. The summed E-state index contributed by atoms with van der Waals surface area (Å²) in [6, 6.07) is 17.0. The second-order valence-corrected chi connectivity index (χ2v) is 8.65. The van der Waals surface area contributed by atoms with Crippen LogP contribution in [0, 0.1) is 6.92 Å². The SMILES string of the molecule is Cc1ccc(-c2ccn(-c3ccc4c5c(n(C)c4n3)CC3CCC5N3)c(=O)c2)cc1. The van der Waals surface area contributed by atoms with E-state index in [-0.39, 0.29) is 5.56 Å². The summed E-state index contributed by atoms with van der Waals surface area (Å²) < 4.78 is 3.86. The number of nitrogens with one attached hydrogen (secondary N) is 1. The highest BCUT2D eigenvalue weighted by Crippen LogP contribution is 2.41. The van der Waals surface area contributed by atoms with Crippen LogP contribution in [0.4, 0.5) is 0 Å². The monoisotopic (exact) mass is 396 g/mol. The van der Waals surface area contributed by atoms with E-state index in [9.17, 15) is 4.79 Å². The zero-order chi connectivity index (χ0) is 20.4. The third kappa shape index (κ3) is 2.58. The number of hydrogen-bond acceptors (Lipinski definition) is 3. The fourth-order valence-corrected chi connectivity index (χ4v) is 5.17. The summed E-state index contributed by atoms with van der Waals surface area (Å²) in [5, 5.41) is 4.94. The number of pyridine rings is 2. The minimum absolute atomic E-state index is 0.0698. The van der Waals surface area contributed by atoms with Crippen molar-refractivity contribution in [3.8, 4) is 16.9 Å². The highest BCUT2D eigenvalue weighted by atomic mass is 16.1. The number of benzene rings is 1. The van der Waals surface area contributed by atoms with Crippen LogP contribution in [0.2, 0.25) is 0 Å². The molecule has 3 aromatic heterocycles. The number of nitrogens with zero attached hydrogens (tertiary/aromatic N) is 3. The topological polar surface area (TPSA) is 51.9 Å². The molecule has 2 bridgehead atoms. The predicted molar refractivity (Wildman–Crippen MR) is 119 cm³/mol. The van der Waals surface area contributed by atoms with Gasteiger partial charge in [-0.1, -0.05) is 29.8 Å². The first kappa shape index (κ1) is 17.7. The molecule has 2 unspecified atom stereocenters. The molecule has 5 heteroatoms. The van der Waals surface area contributed by atoms with E-state index in [1.807, 2.05) is 18.3 Å². The number of fused-ring (bicyclic) bond motifs is 6. The molecule has 2 aliphatic heterocycles. The third-order valence-electron chi connectivity index (χ3n) is 6.76. The molecule has 150 valence electrons. The Morgan fingerprint density at radius 3 is 2.67 bits per heavy atom. The summed E-state index contributed by atoms with van der Waals surface area (Å²) in [5.74, 6) is 0.666. The lowest BCUT2D eigenvalue weighted by molar-refractivity contribution is 0.503. The first-order chi connectivity index (χ1) is 14.6. The largest absolute Gasteiger partial charge is 0.332 e. The van der Waals surface area contributed by atoms with Gasteiger partial charge in [-0.3, -0.25) is 9.36 Å². The van der Waals surface area contributed by atoms with Gasteiger partial charge in [0.15, 0.2) is 0 Å². The molecule has 2 aliphatic rings. The van der Waals surface area contributed by atoms with Crippen LogP contribution in [-0.2, 0) is 13.5 Å². The molecular formula is C25H24N4O. The van der Waals surface area contributed by atoms with Gasteiger partial charge in [-0.25, -0.2) is 4.98 Å². The van der Waals surface area contributed by atoms with E-state index in [0.29, 0.717) is 17.9 Å².